The van der Waals surface area contributed by atoms with Crippen LogP contribution in [0, 0.1) is 11.3 Å². The molecule has 3 atom stereocenters. The lowest BCUT2D eigenvalue weighted by Gasteiger charge is -2.40. The summed E-state index contributed by atoms with van der Waals surface area (Å²) in [5.74, 6) is 0. The third-order valence-electron chi connectivity index (χ3n) is 3.57. The summed E-state index contributed by atoms with van der Waals surface area (Å²) in [6, 6.07) is 3.62. The molecular formula is C13H25N3. The molecule has 16 heavy (non-hydrogen) atoms. The maximum atomic E-state index is 9.12. The second-order valence-corrected chi connectivity index (χ2v) is 4.96. The summed E-state index contributed by atoms with van der Waals surface area (Å²) in [4.78, 5) is 2.49. The Labute approximate surface area is 99.8 Å². The molecule has 1 aliphatic rings. The van der Waals surface area contributed by atoms with Crippen LogP contribution < -0.4 is 5.32 Å². The molecular weight excluding hydrogens is 198 g/mol. The van der Waals surface area contributed by atoms with Crippen LogP contribution in [0.5, 0.6) is 0 Å². The van der Waals surface area contributed by atoms with Crippen LogP contribution in [0.4, 0.5) is 0 Å². The van der Waals surface area contributed by atoms with Crippen LogP contribution in [-0.2, 0) is 0 Å². The van der Waals surface area contributed by atoms with Crippen molar-refractivity contribution in [1.82, 2.24) is 10.2 Å². The number of hydrogen-bond acceptors (Lipinski definition) is 3. The van der Waals surface area contributed by atoms with Gasteiger partial charge in [-0.05, 0) is 39.7 Å². The van der Waals surface area contributed by atoms with Gasteiger partial charge in [0.15, 0.2) is 0 Å². The van der Waals surface area contributed by atoms with Crippen LogP contribution in [0.1, 0.15) is 46.5 Å². The van der Waals surface area contributed by atoms with E-state index in [0.29, 0.717) is 12.1 Å². The first-order valence-corrected chi connectivity index (χ1v) is 6.57. The van der Waals surface area contributed by atoms with E-state index in [1.165, 1.54) is 19.3 Å². The van der Waals surface area contributed by atoms with E-state index in [4.69, 9.17) is 5.26 Å². The fourth-order valence-electron chi connectivity index (χ4n) is 2.52. The molecule has 1 N–H and O–H groups in total. The zero-order valence-electron chi connectivity index (χ0n) is 10.9. The summed E-state index contributed by atoms with van der Waals surface area (Å²) >= 11 is 0. The van der Waals surface area contributed by atoms with Gasteiger partial charge in [-0.3, -0.25) is 4.90 Å². The smallest absolute Gasteiger partial charge is 0.108 e. The maximum absolute atomic E-state index is 9.12. The largest absolute Gasteiger partial charge is 0.301 e. The number of nitrogens with one attached hydrogen (secondary N) is 1. The minimum atomic E-state index is -0.0112. The van der Waals surface area contributed by atoms with Crippen molar-refractivity contribution >= 4 is 0 Å². The molecule has 1 heterocycles. The van der Waals surface area contributed by atoms with Crippen molar-refractivity contribution in [1.29, 1.82) is 5.26 Å². The highest BCUT2D eigenvalue weighted by Crippen LogP contribution is 2.22. The second-order valence-electron chi connectivity index (χ2n) is 4.96. The third-order valence-corrected chi connectivity index (χ3v) is 3.57. The first-order valence-electron chi connectivity index (χ1n) is 6.57. The predicted molar refractivity (Wildman–Crippen MR) is 67.2 cm³/mol. The number of rotatable bonds is 5. The molecule has 0 aromatic rings. The highest BCUT2D eigenvalue weighted by molar-refractivity contribution is 4.94. The molecule has 0 saturated carbocycles. The first kappa shape index (κ1) is 13.5. The quantitative estimate of drug-likeness (QED) is 0.776. The van der Waals surface area contributed by atoms with E-state index in [1.807, 2.05) is 0 Å². The van der Waals surface area contributed by atoms with E-state index in [0.717, 1.165) is 19.5 Å². The van der Waals surface area contributed by atoms with Gasteiger partial charge in [-0.15, -0.1) is 0 Å². The molecule has 0 aliphatic carbocycles. The lowest BCUT2D eigenvalue weighted by atomic mass is 9.97. The molecule has 0 spiro atoms. The highest BCUT2D eigenvalue weighted by Gasteiger charge is 2.26. The van der Waals surface area contributed by atoms with Gasteiger partial charge in [-0.2, -0.15) is 5.26 Å². The Balaban J connectivity index is 2.45. The number of nitrogens with zero attached hydrogens (tertiary/aromatic N) is 2. The van der Waals surface area contributed by atoms with Crippen molar-refractivity contribution in [3.63, 3.8) is 0 Å². The molecule has 1 saturated heterocycles. The SMILES string of the molecule is CCCNC(C#N)CN1C(C)CCCC1C. The van der Waals surface area contributed by atoms with Crippen molar-refractivity contribution in [2.24, 2.45) is 0 Å². The van der Waals surface area contributed by atoms with Gasteiger partial charge in [0.25, 0.3) is 0 Å². The summed E-state index contributed by atoms with van der Waals surface area (Å²) in [7, 11) is 0. The van der Waals surface area contributed by atoms with E-state index < -0.39 is 0 Å². The Morgan fingerprint density at radius 2 is 2.00 bits per heavy atom. The van der Waals surface area contributed by atoms with Gasteiger partial charge < -0.3 is 5.32 Å². The standard InChI is InChI=1S/C13H25N3/c1-4-8-15-13(9-14)10-16-11(2)6-5-7-12(16)3/h11-13,15H,4-8,10H2,1-3H3. The zero-order chi connectivity index (χ0) is 12.0. The molecule has 0 bridgehead atoms. The summed E-state index contributed by atoms with van der Waals surface area (Å²) < 4.78 is 0. The van der Waals surface area contributed by atoms with Crippen LogP contribution in [0.15, 0.2) is 0 Å². The third kappa shape index (κ3) is 3.77. The first-order chi connectivity index (χ1) is 7.69. The summed E-state index contributed by atoms with van der Waals surface area (Å²) in [5.41, 5.74) is 0. The van der Waals surface area contributed by atoms with Crippen molar-refractivity contribution in [3.8, 4) is 6.07 Å². The molecule has 1 aliphatic heterocycles. The van der Waals surface area contributed by atoms with Gasteiger partial charge in [-0.1, -0.05) is 13.3 Å². The van der Waals surface area contributed by atoms with Gasteiger partial charge in [-0.25, -0.2) is 0 Å². The molecule has 3 nitrogen and oxygen atoms in total. The Bertz CT molecular complexity index is 224. The van der Waals surface area contributed by atoms with Crippen LogP contribution in [0.3, 0.4) is 0 Å². The Kier molecular flexibility index (Phi) is 5.79. The number of likely N-dealkylation sites (tertiary alicyclic amines) is 1. The average molecular weight is 223 g/mol. The van der Waals surface area contributed by atoms with Gasteiger partial charge >= 0.3 is 0 Å². The van der Waals surface area contributed by atoms with Crippen LogP contribution >= 0.6 is 0 Å². The van der Waals surface area contributed by atoms with E-state index in [9.17, 15) is 0 Å². The normalized spacial score (nSPS) is 28.6. The Hall–Kier alpha value is -0.590. The average Bonchev–Trinajstić information content (AvgIpc) is 2.28. The molecule has 1 fully saturated rings. The van der Waals surface area contributed by atoms with E-state index in [-0.39, 0.29) is 6.04 Å². The predicted octanol–water partition coefficient (Wildman–Crippen LogP) is 2.14. The lowest BCUT2D eigenvalue weighted by molar-refractivity contribution is 0.0976. The molecule has 1 rings (SSSR count). The molecule has 0 amide bonds. The fraction of sp³-hybridized carbons (Fsp3) is 0.923. The van der Waals surface area contributed by atoms with E-state index in [2.05, 4.69) is 37.1 Å². The molecule has 0 aromatic heterocycles. The minimum absolute atomic E-state index is 0.0112. The second kappa shape index (κ2) is 6.88. The molecule has 3 heteroatoms. The Morgan fingerprint density at radius 3 is 2.50 bits per heavy atom. The molecule has 0 aromatic carbocycles. The number of nitriles is 1. The Morgan fingerprint density at radius 1 is 1.38 bits per heavy atom. The molecule has 0 radical (unpaired) electrons. The summed E-state index contributed by atoms with van der Waals surface area (Å²) in [6.45, 7) is 8.51. The van der Waals surface area contributed by atoms with Gasteiger partial charge in [0.1, 0.15) is 6.04 Å². The topological polar surface area (TPSA) is 39.1 Å². The minimum Gasteiger partial charge on any atom is -0.301 e. The van der Waals surface area contributed by atoms with Crippen molar-refractivity contribution in [3.05, 3.63) is 0 Å². The van der Waals surface area contributed by atoms with Crippen LogP contribution in [-0.4, -0.2) is 36.1 Å². The van der Waals surface area contributed by atoms with Crippen LogP contribution in [0.25, 0.3) is 0 Å². The van der Waals surface area contributed by atoms with E-state index >= 15 is 0 Å². The molecule has 92 valence electrons. The number of piperidine rings is 1. The lowest BCUT2D eigenvalue weighted by Crippen LogP contribution is -2.50. The van der Waals surface area contributed by atoms with Gasteiger partial charge in [0.2, 0.25) is 0 Å². The van der Waals surface area contributed by atoms with Crippen LogP contribution in [0.2, 0.25) is 0 Å². The number of hydrogen-bond donors (Lipinski definition) is 1. The monoisotopic (exact) mass is 223 g/mol. The van der Waals surface area contributed by atoms with Crippen molar-refractivity contribution in [2.45, 2.75) is 64.6 Å². The highest BCUT2D eigenvalue weighted by atomic mass is 15.2. The maximum Gasteiger partial charge on any atom is 0.108 e. The molecule has 3 unspecified atom stereocenters. The fourth-order valence-corrected chi connectivity index (χ4v) is 2.52. The summed E-state index contributed by atoms with van der Waals surface area (Å²) in [6.07, 6.45) is 4.97. The van der Waals surface area contributed by atoms with Crippen molar-refractivity contribution < 1.29 is 0 Å². The zero-order valence-corrected chi connectivity index (χ0v) is 10.9. The van der Waals surface area contributed by atoms with Gasteiger partial charge in [0.05, 0.1) is 6.07 Å². The summed E-state index contributed by atoms with van der Waals surface area (Å²) in [5, 5.41) is 12.4. The van der Waals surface area contributed by atoms with Gasteiger partial charge in [0, 0.05) is 18.6 Å². The van der Waals surface area contributed by atoms with Crippen molar-refractivity contribution in [2.75, 3.05) is 13.1 Å². The van der Waals surface area contributed by atoms with E-state index in [1.54, 1.807) is 0 Å².